The van der Waals surface area contributed by atoms with Gasteiger partial charge < -0.3 is 14.3 Å². The predicted molar refractivity (Wildman–Crippen MR) is 56.1 cm³/mol. The maximum absolute atomic E-state index is 10.3. The average Bonchev–Trinajstić information content (AvgIpc) is 2.22. The van der Waals surface area contributed by atoms with Gasteiger partial charge in [-0.3, -0.25) is 0 Å². The molecule has 1 aromatic rings. The molecule has 15 heavy (non-hydrogen) atoms. The van der Waals surface area contributed by atoms with E-state index in [1.54, 1.807) is 0 Å². The van der Waals surface area contributed by atoms with E-state index in [1.165, 1.54) is 0 Å². The first kappa shape index (κ1) is 10.2. The van der Waals surface area contributed by atoms with Gasteiger partial charge in [-0.2, -0.15) is 0 Å². The molecular weight excluding hydrogens is 192 g/mol. The van der Waals surface area contributed by atoms with Crippen LogP contribution in [0.15, 0.2) is 24.3 Å². The summed E-state index contributed by atoms with van der Waals surface area (Å²) in [5.74, 6) is 0.882. The number of ether oxygens (including phenoxy) is 2. The largest absolute Gasteiger partial charge is 0.485 e. The molecule has 0 saturated carbocycles. The highest BCUT2D eigenvalue weighted by Gasteiger charge is 2.20. The number of aryl methyl sites for hydroxylation is 1. The highest BCUT2D eigenvalue weighted by atomic mass is 16.6. The van der Waals surface area contributed by atoms with Crippen LogP contribution in [0.4, 0.5) is 0 Å². The zero-order valence-electron chi connectivity index (χ0n) is 8.52. The Hall–Kier alpha value is -1.35. The number of hydrogen-bond acceptors (Lipinski definition) is 3. The first-order valence-electron chi connectivity index (χ1n) is 5.16. The Balaban J connectivity index is 2.02. The molecule has 3 nitrogen and oxygen atoms in total. The summed E-state index contributed by atoms with van der Waals surface area (Å²) in [5.41, 5.74) is 1.09. The zero-order chi connectivity index (χ0) is 10.5. The molecule has 80 valence electrons. The lowest BCUT2D eigenvalue weighted by atomic mass is 10.1. The molecule has 1 saturated heterocycles. The Morgan fingerprint density at radius 3 is 2.87 bits per heavy atom. The molecule has 0 radical (unpaired) electrons. The Morgan fingerprint density at radius 2 is 2.20 bits per heavy atom. The van der Waals surface area contributed by atoms with Crippen LogP contribution in [0.1, 0.15) is 12.0 Å². The summed E-state index contributed by atoms with van der Waals surface area (Å²) in [6.45, 7) is 1.34. The third-order valence-corrected chi connectivity index (χ3v) is 2.41. The maximum atomic E-state index is 10.3. The van der Waals surface area contributed by atoms with E-state index in [4.69, 9.17) is 9.47 Å². The second-order valence-electron chi connectivity index (χ2n) is 3.59. The van der Waals surface area contributed by atoms with Crippen LogP contribution in [0.2, 0.25) is 0 Å². The van der Waals surface area contributed by atoms with Gasteiger partial charge in [0, 0.05) is 6.42 Å². The summed E-state index contributed by atoms with van der Waals surface area (Å²) in [4.78, 5) is 10.3. The van der Waals surface area contributed by atoms with Gasteiger partial charge in [0.25, 0.3) is 0 Å². The van der Waals surface area contributed by atoms with Gasteiger partial charge in [-0.25, -0.2) is 0 Å². The molecule has 1 aliphatic rings. The molecule has 0 atom stereocenters. The summed E-state index contributed by atoms with van der Waals surface area (Å²) in [7, 11) is 0. The van der Waals surface area contributed by atoms with Crippen molar-refractivity contribution in [2.75, 3.05) is 13.2 Å². The maximum Gasteiger partial charge on any atom is 0.145 e. The standard InChI is InChI=1S/C12H14O3/c13-7-3-5-10-4-1-2-6-12(10)15-11-8-14-9-11/h1-2,4,6-7,11H,3,5,8-9H2. The number of aldehydes is 1. The van der Waals surface area contributed by atoms with Crippen molar-refractivity contribution < 1.29 is 14.3 Å². The van der Waals surface area contributed by atoms with Crippen molar-refractivity contribution in [2.45, 2.75) is 18.9 Å². The highest BCUT2D eigenvalue weighted by Crippen LogP contribution is 2.22. The molecule has 0 spiro atoms. The first-order valence-corrected chi connectivity index (χ1v) is 5.16. The minimum Gasteiger partial charge on any atom is -0.485 e. The van der Waals surface area contributed by atoms with Crippen LogP contribution in [-0.2, 0) is 16.0 Å². The summed E-state index contributed by atoms with van der Waals surface area (Å²) >= 11 is 0. The van der Waals surface area contributed by atoms with E-state index in [0.29, 0.717) is 19.6 Å². The number of benzene rings is 1. The van der Waals surface area contributed by atoms with Crippen molar-refractivity contribution >= 4 is 6.29 Å². The monoisotopic (exact) mass is 206 g/mol. The fraction of sp³-hybridized carbons (Fsp3) is 0.417. The SMILES string of the molecule is O=CCCc1ccccc1OC1COC1. The van der Waals surface area contributed by atoms with Crippen molar-refractivity contribution in [1.29, 1.82) is 0 Å². The van der Waals surface area contributed by atoms with Crippen molar-refractivity contribution in [3.63, 3.8) is 0 Å². The third-order valence-electron chi connectivity index (χ3n) is 2.41. The molecule has 0 unspecified atom stereocenters. The minimum atomic E-state index is 0.183. The molecule has 0 aromatic heterocycles. The van der Waals surface area contributed by atoms with E-state index >= 15 is 0 Å². The summed E-state index contributed by atoms with van der Waals surface area (Å²) in [5, 5.41) is 0. The minimum absolute atomic E-state index is 0.183. The van der Waals surface area contributed by atoms with Gasteiger partial charge in [0.2, 0.25) is 0 Å². The van der Waals surface area contributed by atoms with E-state index in [1.807, 2.05) is 24.3 Å². The van der Waals surface area contributed by atoms with Gasteiger partial charge in [0.05, 0.1) is 13.2 Å². The Bertz CT molecular complexity index is 331. The van der Waals surface area contributed by atoms with E-state index < -0.39 is 0 Å². The molecule has 1 heterocycles. The fourth-order valence-corrected chi connectivity index (χ4v) is 1.50. The highest BCUT2D eigenvalue weighted by molar-refractivity contribution is 5.50. The van der Waals surface area contributed by atoms with Gasteiger partial charge in [-0.15, -0.1) is 0 Å². The molecule has 0 aliphatic carbocycles. The number of para-hydroxylation sites is 1. The van der Waals surface area contributed by atoms with E-state index in [2.05, 4.69) is 0 Å². The van der Waals surface area contributed by atoms with Crippen LogP contribution in [0.5, 0.6) is 5.75 Å². The summed E-state index contributed by atoms with van der Waals surface area (Å²) < 4.78 is 10.8. The molecule has 1 aliphatic heterocycles. The van der Waals surface area contributed by atoms with Crippen LogP contribution < -0.4 is 4.74 Å². The van der Waals surface area contributed by atoms with Crippen LogP contribution in [0.25, 0.3) is 0 Å². The molecule has 1 aromatic carbocycles. The van der Waals surface area contributed by atoms with Crippen LogP contribution in [-0.4, -0.2) is 25.6 Å². The molecule has 2 rings (SSSR count). The van der Waals surface area contributed by atoms with E-state index in [9.17, 15) is 4.79 Å². The Labute approximate surface area is 89.0 Å². The van der Waals surface area contributed by atoms with Crippen molar-refractivity contribution in [2.24, 2.45) is 0 Å². The smallest absolute Gasteiger partial charge is 0.145 e. The fourth-order valence-electron chi connectivity index (χ4n) is 1.50. The zero-order valence-corrected chi connectivity index (χ0v) is 8.52. The molecule has 3 heteroatoms. The number of hydrogen-bond donors (Lipinski definition) is 0. The second-order valence-corrected chi connectivity index (χ2v) is 3.59. The molecule has 0 N–H and O–H groups in total. The lowest BCUT2D eigenvalue weighted by molar-refractivity contribution is -0.107. The molecule has 0 amide bonds. The molecule has 0 bridgehead atoms. The lowest BCUT2D eigenvalue weighted by Crippen LogP contribution is -2.38. The average molecular weight is 206 g/mol. The van der Waals surface area contributed by atoms with Crippen molar-refractivity contribution in [3.8, 4) is 5.75 Å². The van der Waals surface area contributed by atoms with Gasteiger partial charge in [-0.05, 0) is 18.1 Å². The molecule has 1 fully saturated rings. The quantitative estimate of drug-likeness (QED) is 0.686. The topological polar surface area (TPSA) is 35.5 Å². The van der Waals surface area contributed by atoms with Gasteiger partial charge in [-0.1, -0.05) is 18.2 Å². The van der Waals surface area contributed by atoms with Gasteiger partial charge in [0.15, 0.2) is 0 Å². The predicted octanol–water partition coefficient (Wildman–Crippen LogP) is 1.60. The Morgan fingerprint density at radius 1 is 1.40 bits per heavy atom. The number of carbonyl (C=O) groups is 1. The van der Waals surface area contributed by atoms with Gasteiger partial charge in [0.1, 0.15) is 18.1 Å². The Kier molecular flexibility index (Phi) is 3.35. The van der Waals surface area contributed by atoms with Crippen LogP contribution in [0, 0.1) is 0 Å². The third kappa shape index (κ3) is 2.57. The van der Waals surface area contributed by atoms with Crippen molar-refractivity contribution in [1.82, 2.24) is 0 Å². The van der Waals surface area contributed by atoms with Crippen LogP contribution in [0.3, 0.4) is 0 Å². The number of rotatable bonds is 5. The normalized spacial score (nSPS) is 15.7. The molecular formula is C12H14O3. The number of carbonyl (C=O) groups excluding carboxylic acids is 1. The van der Waals surface area contributed by atoms with E-state index in [0.717, 1.165) is 24.0 Å². The summed E-state index contributed by atoms with van der Waals surface area (Å²) in [6.07, 6.45) is 2.40. The lowest BCUT2D eigenvalue weighted by Gasteiger charge is -2.27. The van der Waals surface area contributed by atoms with Crippen molar-refractivity contribution in [3.05, 3.63) is 29.8 Å². The van der Waals surface area contributed by atoms with E-state index in [-0.39, 0.29) is 6.10 Å². The first-order chi connectivity index (χ1) is 7.40. The second kappa shape index (κ2) is 4.94. The van der Waals surface area contributed by atoms with Gasteiger partial charge >= 0.3 is 0 Å². The van der Waals surface area contributed by atoms with Crippen LogP contribution >= 0.6 is 0 Å². The summed E-state index contributed by atoms with van der Waals surface area (Å²) in [6, 6.07) is 7.85.